The molecule has 2 heterocycles. The van der Waals surface area contributed by atoms with Crippen LogP contribution in [0.1, 0.15) is 6.23 Å². The number of hydrogen-bond acceptors (Lipinski definition) is 7. The highest BCUT2D eigenvalue weighted by atomic mass is 16.6. The maximum Gasteiger partial charge on any atom is 0.181 e. The second kappa shape index (κ2) is 5.08. The Morgan fingerprint density at radius 2 is 1.85 bits per heavy atom. The predicted molar refractivity (Wildman–Crippen MR) is 66.5 cm³/mol. The van der Waals surface area contributed by atoms with Gasteiger partial charge in [0.25, 0.3) is 0 Å². The van der Waals surface area contributed by atoms with Crippen molar-refractivity contribution in [2.75, 3.05) is 6.61 Å². The fraction of sp³-hybridized carbons (Fsp3) is 0.500. The molecule has 2 aromatic rings. The minimum atomic E-state index is -1.44. The first-order chi connectivity index (χ1) is 9.63. The van der Waals surface area contributed by atoms with Gasteiger partial charge in [0.2, 0.25) is 0 Å². The van der Waals surface area contributed by atoms with Crippen molar-refractivity contribution in [3.05, 3.63) is 24.3 Å². The maximum atomic E-state index is 10.0. The number of aromatic nitrogens is 3. The number of nitrogens with zero attached hydrogens (tertiary/aromatic N) is 3. The van der Waals surface area contributed by atoms with Crippen LogP contribution >= 0.6 is 0 Å². The second-order valence-electron chi connectivity index (χ2n) is 4.74. The summed E-state index contributed by atoms with van der Waals surface area (Å²) in [5.74, 6) is 0. The lowest BCUT2D eigenvalue weighted by molar-refractivity contribution is -0.253. The maximum absolute atomic E-state index is 10.0. The molecule has 20 heavy (non-hydrogen) atoms. The molecular weight excluding hydrogens is 266 g/mol. The van der Waals surface area contributed by atoms with E-state index in [0.717, 1.165) is 0 Å². The van der Waals surface area contributed by atoms with E-state index in [0.29, 0.717) is 11.0 Å². The first kappa shape index (κ1) is 13.4. The Hall–Kier alpha value is -1.58. The molecule has 8 nitrogen and oxygen atoms in total. The fourth-order valence-electron chi connectivity index (χ4n) is 2.36. The van der Waals surface area contributed by atoms with E-state index in [2.05, 4.69) is 10.3 Å². The topological polar surface area (TPSA) is 121 Å². The molecule has 3 rings (SSSR count). The number of aliphatic hydroxyl groups is 4. The summed E-state index contributed by atoms with van der Waals surface area (Å²) >= 11 is 0. The van der Waals surface area contributed by atoms with Crippen LogP contribution in [-0.2, 0) is 4.74 Å². The number of ether oxygens (including phenoxy) is 1. The van der Waals surface area contributed by atoms with E-state index in [1.54, 1.807) is 24.3 Å². The number of aliphatic hydroxyl groups excluding tert-OH is 4. The van der Waals surface area contributed by atoms with Gasteiger partial charge < -0.3 is 25.2 Å². The summed E-state index contributed by atoms with van der Waals surface area (Å²) in [6.45, 7) is -0.478. The third-order valence-electron chi connectivity index (χ3n) is 3.49. The molecular formula is C12H15N3O5. The fourth-order valence-corrected chi connectivity index (χ4v) is 2.36. The summed E-state index contributed by atoms with van der Waals surface area (Å²) in [5, 5.41) is 46.6. The van der Waals surface area contributed by atoms with Crippen molar-refractivity contribution in [3.63, 3.8) is 0 Å². The molecule has 0 spiro atoms. The number of hydrogen-bond donors (Lipinski definition) is 4. The average Bonchev–Trinajstić information content (AvgIpc) is 2.89. The lowest BCUT2D eigenvalue weighted by Gasteiger charge is -2.39. The normalized spacial score (nSPS) is 34.5. The largest absolute Gasteiger partial charge is 0.394 e. The Labute approximate surface area is 113 Å². The van der Waals surface area contributed by atoms with Crippen LogP contribution in [0.5, 0.6) is 0 Å². The molecule has 1 aromatic carbocycles. The van der Waals surface area contributed by atoms with E-state index in [4.69, 9.17) is 4.74 Å². The van der Waals surface area contributed by atoms with E-state index in [1.807, 2.05) is 0 Å². The SMILES string of the molecule is OC[C@@H]1O[C@H](n2nnc3ccccc32)[C@H](O)[C@@H](O)[C@H]1O. The summed E-state index contributed by atoms with van der Waals surface area (Å²) in [7, 11) is 0. The molecule has 0 bridgehead atoms. The third kappa shape index (κ3) is 1.98. The molecule has 0 radical (unpaired) electrons. The monoisotopic (exact) mass is 281 g/mol. The number of rotatable bonds is 2. The van der Waals surface area contributed by atoms with Crippen molar-refractivity contribution in [1.29, 1.82) is 0 Å². The van der Waals surface area contributed by atoms with E-state index in [9.17, 15) is 20.4 Å². The van der Waals surface area contributed by atoms with Gasteiger partial charge in [-0.1, -0.05) is 17.3 Å². The van der Waals surface area contributed by atoms with Crippen LogP contribution in [0.25, 0.3) is 11.0 Å². The van der Waals surface area contributed by atoms with Crippen molar-refractivity contribution in [2.45, 2.75) is 30.6 Å². The minimum Gasteiger partial charge on any atom is -0.394 e. The van der Waals surface area contributed by atoms with Crippen LogP contribution in [0.15, 0.2) is 24.3 Å². The highest BCUT2D eigenvalue weighted by Gasteiger charge is 2.45. The van der Waals surface area contributed by atoms with Gasteiger partial charge in [0.15, 0.2) is 6.23 Å². The van der Waals surface area contributed by atoms with Gasteiger partial charge in [-0.2, -0.15) is 0 Å². The van der Waals surface area contributed by atoms with Crippen molar-refractivity contribution in [2.24, 2.45) is 0 Å². The minimum absolute atomic E-state index is 0.478. The van der Waals surface area contributed by atoms with Crippen LogP contribution in [0.4, 0.5) is 0 Å². The molecule has 1 aliphatic heterocycles. The van der Waals surface area contributed by atoms with E-state index in [-0.39, 0.29) is 0 Å². The summed E-state index contributed by atoms with van der Waals surface area (Å²) in [6.07, 6.45) is -6.20. The molecule has 1 fully saturated rings. The zero-order chi connectivity index (χ0) is 14.3. The Morgan fingerprint density at radius 1 is 1.10 bits per heavy atom. The Kier molecular flexibility index (Phi) is 3.40. The van der Waals surface area contributed by atoms with Crippen molar-refractivity contribution >= 4 is 11.0 Å². The van der Waals surface area contributed by atoms with Crippen molar-refractivity contribution in [3.8, 4) is 0 Å². The molecule has 1 saturated heterocycles. The van der Waals surface area contributed by atoms with E-state index in [1.165, 1.54) is 4.68 Å². The molecule has 0 amide bonds. The van der Waals surface area contributed by atoms with Crippen LogP contribution in [0.3, 0.4) is 0 Å². The molecule has 5 atom stereocenters. The number of fused-ring (bicyclic) bond motifs is 1. The van der Waals surface area contributed by atoms with Gasteiger partial charge in [0, 0.05) is 0 Å². The molecule has 1 aliphatic rings. The van der Waals surface area contributed by atoms with Crippen LogP contribution in [-0.4, -0.2) is 66.4 Å². The summed E-state index contributed by atoms with van der Waals surface area (Å²) in [5.41, 5.74) is 1.24. The molecule has 1 aromatic heterocycles. The zero-order valence-corrected chi connectivity index (χ0v) is 10.4. The van der Waals surface area contributed by atoms with E-state index < -0.39 is 37.3 Å². The lowest BCUT2D eigenvalue weighted by Crippen LogP contribution is -2.56. The first-order valence-corrected chi connectivity index (χ1v) is 6.24. The Bertz CT molecular complexity index is 602. The van der Waals surface area contributed by atoms with Gasteiger partial charge in [0.05, 0.1) is 12.1 Å². The van der Waals surface area contributed by atoms with Crippen LogP contribution in [0.2, 0.25) is 0 Å². The number of para-hydroxylation sites is 1. The average molecular weight is 281 g/mol. The standard InChI is InChI=1S/C12H15N3O5/c16-5-8-9(17)10(18)11(19)12(20-8)15-7-4-2-1-3-6(7)13-14-15/h1-4,8-12,16-19H,5H2/t8-,9-,10-,11+,12-/m0/s1. The molecule has 108 valence electrons. The highest BCUT2D eigenvalue weighted by molar-refractivity contribution is 5.73. The summed E-state index contributed by atoms with van der Waals surface area (Å²) in [4.78, 5) is 0. The molecule has 0 aliphatic carbocycles. The Morgan fingerprint density at radius 3 is 2.60 bits per heavy atom. The van der Waals surface area contributed by atoms with Gasteiger partial charge in [-0.15, -0.1) is 5.10 Å². The first-order valence-electron chi connectivity index (χ1n) is 6.24. The molecule has 0 unspecified atom stereocenters. The number of benzene rings is 1. The van der Waals surface area contributed by atoms with Crippen LogP contribution in [0, 0.1) is 0 Å². The van der Waals surface area contributed by atoms with Gasteiger partial charge in [-0.3, -0.25) is 0 Å². The highest BCUT2D eigenvalue weighted by Crippen LogP contribution is 2.29. The van der Waals surface area contributed by atoms with Gasteiger partial charge in [-0.25, -0.2) is 4.68 Å². The predicted octanol–water partition coefficient (Wildman–Crippen LogP) is -1.60. The van der Waals surface area contributed by atoms with Gasteiger partial charge in [0.1, 0.15) is 29.9 Å². The lowest BCUT2D eigenvalue weighted by atomic mass is 9.98. The second-order valence-corrected chi connectivity index (χ2v) is 4.74. The summed E-state index contributed by atoms with van der Waals surface area (Å²) in [6, 6.07) is 7.08. The van der Waals surface area contributed by atoms with Crippen molar-refractivity contribution < 1.29 is 25.2 Å². The Balaban J connectivity index is 2.00. The van der Waals surface area contributed by atoms with Gasteiger partial charge >= 0.3 is 0 Å². The smallest absolute Gasteiger partial charge is 0.181 e. The molecule has 0 saturated carbocycles. The summed E-state index contributed by atoms with van der Waals surface area (Å²) < 4.78 is 6.76. The zero-order valence-electron chi connectivity index (χ0n) is 10.4. The van der Waals surface area contributed by atoms with Crippen LogP contribution < -0.4 is 0 Å². The molecule has 4 N–H and O–H groups in total. The third-order valence-corrected chi connectivity index (χ3v) is 3.49. The quantitative estimate of drug-likeness (QED) is 0.523. The van der Waals surface area contributed by atoms with Gasteiger partial charge in [-0.05, 0) is 12.1 Å². The van der Waals surface area contributed by atoms with Crippen molar-refractivity contribution in [1.82, 2.24) is 15.0 Å². The van der Waals surface area contributed by atoms with E-state index >= 15 is 0 Å². The molecule has 8 heteroatoms.